The molecule has 1 aromatic carbocycles. The van der Waals surface area contributed by atoms with E-state index >= 15 is 0 Å². The van der Waals surface area contributed by atoms with Gasteiger partial charge in [-0.3, -0.25) is 0 Å². The van der Waals surface area contributed by atoms with Gasteiger partial charge in [-0.2, -0.15) is 0 Å². The summed E-state index contributed by atoms with van der Waals surface area (Å²) in [6.07, 6.45) is 1.83. The van der Waals surface area contributed by atoms with Crippen LogP contribution in [-0.2, 0) is 4.74 Å². The third-order valence-corrected chi connectivity index (χ3v) is 1.44. The second-order valence-electron chi connectivity index (χ2n) is 2.71. The van der Waals surface area contributed by atoms with E-state index in [0.29, 0.717) is 0 Å². The van der Waals surface area contributed by atoms with Crippen molar-refractivity contribution in [3.05, 3.63) is 42.5 Å². The number of aliphatic hydroxyl groups excluding tert-OH is 1. The van der Waals surface area contributed by atoms with Crippen LogP contribution in [0.2, 0.25) is 0 Å². The lowest BCUT2D eigenvalue weighted by Gasteiger charge is -1.86. The van der Waals surface area contributed by atoms with Gasteiger partial charge >= 0.3 is 0 Å². The van der Waals surface area contributed by atoms with E-state index in [0.717, 1.165) is 13.2 Å². The van der Waals surface area contributed by atoms with Gasteiger partial charge in [0.05, 0.1) is 0 Å². The summed E-state index contributed by atoms with van der Waals surface area (Å²) in [5.74, 6) is 0. The summed E-state index contributed by atoms with van der Waals surface area (Å²) >= 11 is 0. The molecule has 0 spiro atoms. The summed E-state index contributed by atoms with van der Waals surface area (Å²) in [6.45, 7) is 11.2. The smallest absolute Gasteiger partial charge is 0.0437 e. The maximum Gasteiger partial charge on any atom is 0.0437 e. The van der Waals surface area contributed by atoms with E-state index in [2.05, 4.69) is 6.58 Å². The topological polar surface area (TPSA) is 29.5 Å². The van der Waals surface area contributed by atoms with Gasteiger partial charge in [-0.15, -0.1) is 0 Å². The minimum atomic E-state index is 0.250. The highest BCUT2D eigenvalue weighted by Gasteiger charge is 1.75. The second kappa shape index (κ2) is 16.3. The molecule has 0 saturated heterocycles. The van der Waals surface area contributed by atoms with Gasteiger partial charge in [-0.05, 0) is 26.3 Å². The largest absolute Gasteiger partial charge is 0.397 e. The Balaban J connectivity index is 0. The Labute approximate surface area is 99.6 Å². The second-order valence-corrected chi connectivity index (χ2v) is 2.71. The Morgan fingerprint density at radius 1 is 1.12 bits per heavy atom. The van der Waals surface area contributed by atoms with Crippen molar-refractivity contribution in [3.8, 4) is 0 Å². The van der Waals surface area contributed by atoms with E-state index in [1.807, 2.05) is 50.3 Å². The zero-order chi connectivity index (χ0) is 12.6. The van der Waals surface area contributed by atoms with Gasteiger partial charge in [0.15, 0.2) is 0 Å². The molecule has 1 N–H and O–H groups in total. The van der Waals surface area contributed by atoms with Crippen molar-refractivity contribution in [2.75, 3.05) is 19.8 Å². The van der Waals surface area contributed by atoms with Crippen LogP contribution >= 0.6 is 0 Å². The van der Waals surface area contributed by atoms with Crippen molar-refractivity contribution < 1.29 is 9.84 Å². The fraction of sp³-hybridized carbons (Fsp3) is 0.429. The van der Waals surface area contributed by atoms with Gasteiger partial charge in [0.1, 0.15) is 0 Å². The molecular formula is C14H24O2. The first-order valence-electron chi connectivity index (χ1n) is 5.62. The molecule has 0 atom stereocenters. The Hall–Kier alpha value is -1.12. The quantitative estimate of drug-likeness (QED) is 0.853. The van der Waals surface area contributed by atoms with Gasteiger partial charge in [0, 0.05) is 19.8 Å². The van der Waals surface area contributed by atoms with Crippen molar-refractivity contribution in [3.63, 3.8) is 0 Å². The van der Waals surface area contributed by atoms with Crippen LogP contribution in [-0.4, -0.2) is 24.9 Å². The van der Waals surface area contributed by atoms with Crippen LogP contribution in [0, 0.1) is 0 Å². The molecule has 2 nitrogen and oxygen atoms in total. The van der Waals surface area contributed by atoms with Gasteiger partial charge in [-0.25, -0.2) is 0 Å². The zero-order valence-corrected chi connectivity index (χ0v) is 10.6. The predicted octanol–water partition coefficient (Wildman–Crippen LogP) is 3.37. The monoisotopic (exact) mass is 224 g/mol. The average Bonchev–Trinajstić information content (AvgIpc) is 2.33. The molecule has 0 amide bonds. The number of ether oxygens (including phenoxy) is 1. The predicted molar refractivity (Wildman–Crippen MR) is 71.5 cm³/mol. The third kappa shape index (κ3) is 15.4. The first-order chi connectivity index (χ1) is 7.76. The molecule has 0 bridgehead atoms. The molecule has 92 valence electrons. The first kappa shape index (κ1) is 17.3. The highest BCUT2D eigenvalue weighted by Crippen LogP contribution is 1.97. The van der Waals surface area contributed by atoms with E-state index in [1.54, 1.807) is 6.92 Å². The molecule has 0 aliphatic heterocycles. The van der Waals surface area contributed by atoms with Crippen LogP contribution in [0.3, 0.4) is 0 Å². The molecule has 0 aromatic heterocycles. The Morgan fingerprint density at radius 3 is 1.75 bits per heavy atom. The first-order valence-corrected chi connectivity index (χ1v) is 5.62. The summed E-state index contributed by atoms with van der Waals surface area (Å²) < 4.78 is 4.83. The maximum absolute atomic E-state index is 7.57. The maximum atomic E-state index is 7.57. The van der Waals surface area contributed by atoms with Gasteiger partial charge in [0.25, 0.3) is 0 Å². The number of rotatable bonds is 3. The number of benzene rings is 1. The number of aliphatic hydroxyl groups is 1. The lowest BCUT2D eigenvalue weighted by molar-refractivity contribution is 0.162. The molecule has 2 heteroatoms. The minimum absolute atomic E-state index is 0.250. The molecule has 0 heterocycles. The lowest BCUT2D eigenvalue weighted by Crippen LogP contribution is -1.84. The Kier molecular flexibility index (Phi) is 17.6. The fourth-order valence-electron chi connectivity index (χ4n) is 0.793. The van der Waals surface area contributed by atoms with Gasteiger partial charge in [0.2, 0.25) is 0 Å². The third-order valence-electron chi connectivity index (χ3n) is 1.44. The van der Waals surface area contributed by atoms with Crippen LogP contribution in [0.1, 0.15) is 26.3 Å². The van der Waals surface area contributed by atoms with E-state index < -0.39 is 0 Å². The summed E-state index contributed by atoms with van der Waals surface area (Å²) in [6, 6.07) is 10.0. The van der Waals surface area contributed by atoms with Crippen LogP contribution in [0.15, 0.2) is 36.9 Å². The molecule has 0 fully saturated rings. The minimum Gasteiger partial charge on any atom is -0.397 e. The SMILES string of the molecule is C=Cc1ccccc1.CCO.CCOCC. The van der Waals surface area contributed by atoms with Crippen LogP contribution in [0.5, 0.6) is 0 Å². The van der Waals surface area contributed by atoms with E-state index in [9.17, 15) is 0 Å². The molecule has 1 aromatic rings. The Bertz CT molecular complexity index is 217. The van der Waals surface area contributed by atoms with Crippen molar-refractivity contribution in [2.45, 2.75) is 20.8 Å². The van der Waals surface area contributed by atoms with Crippen molar-refractivity contribution in [1.29, 1.82) is 0 Å². The molecule has 0 unspecified atom stereocenters. The molecular weight excluding hydrogens is 200 g/mol. The van der Waals surface area contributed by atoms with E-state index in [1.165, 1.54) is 5.56 Å². The average molecular weight is 224 g/mol. The summed E-state index contributed by atoms with van der Waals surface area (Å²) in [5, 5.41) is 7.57. The molecule has 1 rings (SSSR count). The van der Waals surface area contributed by atoms with Crippen molar-refractivity contribution >= 4 is 6.08 Å². The van der Waals surface area contributed by atoms with Crippen molar-refractivity contribution in [1.82, 2.24) is 0 Å². The molecule has 0 aliphatic rings. The molecule has 0 aliphatic carbocycles. The van der Waals surface area contributed by atoms with Crippen LogP contribution in [0.25, 0.3) is 6.08 Å². The van der Waals surface area contributed by atoms with Gasteiger partial charge < -0.3 is 9.84 Å². The van der Waals surface area contributed by atoms with E-state index in [-0.39, 0.29) is 6.61 Å². The molecule has 0 saturated carbocycles. The number of hydrogen-bond donors (Lipinski definition) is 1. The highest BCUT2D eigenvalue weighted by atomic mass is 16.5. The zero-order valence-electron chi connectivity index (χ0n) is 10.6. The fourth-order valence-corrected chi connectivity index (χ4v) is 0.793. The van der Waals surface area contributed by atoms with E-state index in [4.69, 9.17) is 9.84 Å². The van der Waals surface area contributed by atoms with Gasteiger partial charge in [-0.1, -0.05) is 43.0 Å². The Morgan fingerprint density at radius 2 is 1.56 bits per heavy atom. The highest BCUT2D eigenvalue weighted by molar-refractivity contribution is 5.45. The summed E-state index contributed by atoms with van der Waals surface area (Å²) in [4.78, 5) is 0. The lowest BCUT2D eigenvalue weighted by atomic mass is 10.2. The molecule has 16 heavy (non-hydrogen) atoms. The van der Waals surface area contributed by atoms with Crippen LogP contribution in [0.4, 0.5) is 0 Å². The normalized spacial score (nSPS) is 8.00. The standard InChI is InChI=1S/C8H8.C4H10O.C2H6O/c1-2-8-6-4-3-5-7-8;1-3-5-4-2;1-2-3/h2-7H,1H2;3-4H2,1-2H3;3H,2H2,1H3. The summed E-state index contributed by atoms with van der Waals surface area (Å²) in [5.41, 5.74) is 1.17. The number of hydrogen-bond acceptors (Lipinski definition) is 2. The van der Waals surface area contributed by atoms with Crippen LogP contribution < -0.4 is 0 Å². The summed E-state index contributed by atoms with van der Waals surface area (Å²) in [7, 11) is 0. The molecule has 0 radical (unpaired) electrons. The van der Waals surface area contributed by atoms with Crippen molar-refractivity contribution in [2.24, 2.45) is 0 Å².